The second-order valence-corrected chi connectivity index (χ2v) is 8.62. The first-order valence-corrected chi connectivity index (χ1v) is 11.0. The van der Waals surface area contributed by atoms with E-state index in [1.807, 2.05) is 49.6 Å². The molecule has 0 saturated carbocycles. The maximum atomic E-state index is 12.3. The van der Waals surface area contributed by atoms with Gasteiger partial charge < -0.3 is 11.1 Å². The molecule has 0 bridgehead atoms. The smallest absolute Gasteiger partial charge is 0.225 e. The Morgan fingerprint density at radius 2 is 2.00 bits per heavy atom. The van der Waals surface area contributed by atoms with Gasteiger partial charge in [0.2, 0.25) is 5.91 Å². The minimum atomic E-state index is -0.118. The van der Waals surface area contributed by atoms with Crippen molar-refractivity contribution in [2.75, 3.05) is 16.8 Å². The van der Waals surface area contributed by atoms with E-state index in [1.165, 1.54) is 23.1 Å². The fourth-order valence-corrected chi connectivity index (χ4v) is 4.70. The fourth-order valence-electron chi connectivity index (χ4n) is 2.98. The summed E-state index contributed by atoms with van der Waals surface area (Å²) in [5.74, 6) is 0.392. The van der Waals surface area contributed by atoms with Crippen LogP contribution in [0.1, 0.15) is 28.7 Å². The molecule has 3 N–H and O–H groups in total. The van der Waals surface area contributed by atoms with Crippen molar-refractivity contribution in [2.24, 2.45) is 0 Å². The molecule has 1 aromatic carbocycles. The van der Waals surface area contributed by atoms with Crippen molar-refractivity contribution in [1.82, 2.24) is 4.98 Å². The summed E-state index contributed by atoms with van der Waals surface area (Å²) in [6.45, 7) is 3.95. The highest BCUT2D eigenvalue weighted by Gasteiger charge is 2.21. The van der Waals surface area contributed by atoms with Gasteiger partial charge in [0.25, 0.3) is 0 Å². The van der Waals surface area contributed by atoms with Crippen LogP contribution < -0.4 is 11.1 Å². The number of thioether (sulfide) groups is 1. The highest BCUT2D eigenvalue weighted by molar-refractivity contribution is 7.99. The van der Waals surface area contributed by atoms with Gasteiger partial charge in [0, 0.05) is 28.3 Å². The monoisotopic (exact) mass is 433 g/mol. The van der Waals surface area contributed by atoms with Gasteiger partial charge in [-0.2, -0.15) is 10.5 Å². The normalized spacial score (nSPS) is 10.3. The SMILES string of the molecule is Cc1ccc(NC(=O)CCSc2nc(N)c(C#N)c(-c3cccs3)c2C#N)c(C)c1. The molecule has 30 heavy (non-hydrogen) atoms. The summed E-state index contributed by atoms with van der Waals surface area (Å²) < 4.78 is 0. The third kappa shape index (κ3) is 4.62. The van der Waals surface area contributed by atoms with Gasteiger partial charge in [-0.05, 0) is 36.9 Å². The Balaban J connectivity index is 1.76. The molecule has 8 heteroatoms. The molecule has 0 aliphatic heterocycles. The molecule has 6 nitrogen and oxygen atoms in total. The number of anilines is 2. The molecule has 0 atom stereocenters. The molecular weight excluding hydrogens is 414 g/mol. The third-order valence-electron chi connectivity index (χ3n) is 4.41. The largest absolute Gasteiger partial charge is 0.383 e. The lowest BCUT2D eigenvalue weighted by atomic mass is 10.0. The molecule has 0 aliphatic carbocycles. The summed E-state index contributed by atoms with van der Waals surface area (Å²) in [5.41, 5.74) is 9.93. The lowest BCUT2D eigenvalue weighted by molar-refractivity contribution is -0.115. The number of amides is 1. The number of pyridine rings is 1. The Kier molecular flexibility index (Phi) is 6.73. The first-order chi connectivity index (χ1) is 14.4. The van der Waals surface area contributed by atoms with Crippen molar-refractivity contribution in [1.29, 1.82) is 10.5 Å². The van der Waals surface area contributed by atoms with E-state index in [-0.39, 0.29) is 23.7 Å². The number of aryl methyl sites for hydroxylation is 2. The number of nitrogens with one attached hydrogen (secondary N) is 1. The number of hydrogen-bond acceptors (Lipinski definition) is 7. The number of carbonyl (C=O) groups is 1. The summed E-state index contributed by atoms with van der Waals surface area (Å²) in [6.07, 6.45) is 0.249. The zero-order valence-electron chi connectivity index (χ0n) is 16.5. The summed E-state index contributed by atoms with van der Waals surface area (Å²) >= 11 is 2.71. The highest BCUT2D eigenvalue weighted by Crippen LogP contribution is 2.37. The number of aromatic nitrogens is 1. The average Bonchev–Trinajstić information content (AvgIpc) is 3.24. The van der Waals surface area contributed by atoms with E-state index >= 15 is 0 Å². The topological polar surface area (TPSA) is 116 Å². The molecule has 0 unspecified atom stereocenters. The zero-order chi connectivity index (χ0) is 21.7. The van der Waals surface area contributed by atoms with Crippen LogP contribution in [-0.2, 0) is 4.79 Å². The number of carbonyl (C=O) groups excluding carboxylic acids is 1. The van der Waals surface area contributed by atoms with Gasteiger partial charge in [0.05, 0.1) is 5.56 Å². The number of nitrogens with two attached hydrogens (primary N) is 1. The van der Waals surface area contributed by atoms with Gasteiger partial charge in [-0.15, -0.1) is 23.1 Å². The summed E-state index contributed by atoms with van der Waals surface area (Å²) in [7, 11) is 0. The highest BCUT2D eigenvalue weighted by atomic mass is 32.2. The molecule has 3 aromatic rings. The number of nitrogens with zero attached hydrogens (tertiary/aromatic N) is 3. The summed E-state index contributed by atoms with van der Waals surface area (Å²) in [4.78, 5) is 17.4. The summed E-state index contributed by atoms with van der Waals surface area (Å²) in [6, 6.07) is 13.8. The van der Waals surface area contributed by atoms with Gasteiger partial charge in [-0.3, -0.25) is 4.79 Å². The van der Waals surface area contributed by atoms with E-state index in [0.717, 1.165) is 21.7 Å². The lowest BCUT2D eigenvalue weighted by Gasteiger charge is -2.12. The van der Waals surface area contributed by atoms with Gasteiger partial charge in [-0.25, -0.2) is 4.98 Å². The Morgan fingerprint density at radius 1 is 1.23 bits per heavy atom. The molecule has 0 saturated heterocycles. The van der Waals surface area contributed by atoms with Crippen molar-refractivity contribution in [3.8, 4) is 22.6 Å². The van der Waals surface area contributed by atoms with E-state index in [0.29, 0.717) is 21.9 Å². The van der Waals surface area contributed by atoms with Crippen molar-refractivity contribution in [3.05, 3.63) is 58.0 Å². The molecular formula is C22H19N5OS2. The molecule has 0 spiro atoms. The Morgan fingerprint density at radius 3 is 2.63 bits per heavy atom. The van der Waals surface area contributed by atoms with Crippen LogP contribution in [0, 0.1) is 36.5 Å². The quantitative estimate of drug-likeness (QED) is 0.536. The predicted molar refractivity (Wildman–Crippen MR) is 121 cm³/mol. The van der Waals surface area contributed by atoms with E-state index in [4.69, 9.17) is 5.73 Å². The summed E-state index contributed by atoms with van der Waals surface area (Å²) in [5, 5.41) is 24.5. The average molecular weight is 434 g/mol. The molecule has 150 valence electrons. The molecule has 2 aromatic heterocycles. The fraction of sp³-hybridized carbons (Fsp3) is 0.182. The lowest BCUT2D eigenvalue weighted by Crippen LogP contribution is -2.13. The molecule has 2 heterocycles. The maximum absolute atomic E-state index is 12.3. The van der Waals surface area contributed by atoms with Crippen molar-refractivity contribution in [3.63, 3.8) is 0 Å². The van der Waals surface area contributed by atoms with Gasteiger partial charge in [0.15, 0.2) is 0 Å². The predicted octanol–water partition coefficient (Wildman–Crippen LogP) is 4.87. The van der Waals surface area contributed by atoms with Gasteiger partial charge >= 0.3 is 0 Å². The number of hydrogen-bond donors (Lipinski definition) is 2. The van der Waals surface area contributed by atoms with Crippen molar-refractivity contribution >= 4 is 40.5 Å². The zero-order valence-corrected chi connectivity index (χ0v) is 18.2. The molecule has 0 fully saturated rings. The van der Waals surface area contributed by atoms with Gasteiger partial charge in [0.1, 0.15) is 28.5 Å². The number of nitriles is 2. The van der Waals surface area contributed by atoms with Crippen LogP contribution in [0.4, 0.5) is 11.5 Å². The standard InChI is InChI=1S/C22H19N5OS2/c1-13-5-6-17(14(2)10-13)26-19(28)7-9-30-22-16(12-24)20(18-4-3-8-29-18)15(11-23)21(25)27-22/h3-6,8,10H,7,9H2,1-2H3,(H2,25,27)(H,26,28). The van der Waals surface area contributed by atoms with Crippen LogP contribution in [0.2, 0.25) is 0 Å². The Bertz CT molecular complexity index is 1170. The van der Waals surface area contributed by atoms with Gasteiger partial charge in [-0.1, -0.05) is 23.8 Å². The number of nitrogen functional groups attached to an aromatic ring is 1. The molecule has 1 amide bonds. The second-order valence-electron chi connectivity index (χ2n) is 6.59. The van der Waals surface area contributed by atoms with E-state index in [2.05, 4.69) is 22.4 Å². The van der Waals surface area contributed by atoms with E-state index in [9.17, 15) is 15.3 Å². The second kappa shape index (κ2) is 9.45. The van der Waals surface area contributed by atoms with Crippen LogP contribution in [0.3, 0.4) is 0 Å². The molecule has 3 rings (SSSR count). The Hall–Kier alpha value is -3.33. The number of thiophene rings is 1. The number of rotatable bonds is 6. The first-order valence-electron chi connectivity index (χ1n) is 9.12. The van der Waals surface area contributed by atoms with Crippen molar-refractivity contribution in [2.45, 2.75) is 25.3 Å². The third-order valence-corrected chi connectivity index (χ3v) is 6.27. The van der Waals surface area contributed by atoms with Crippen LogP contribution in [-0.4, -0.2) is 16.6 Å². The van der Waals surface area contributed by atoms with Crippen molar-refractivity contribution < 1.29 is 4.79 Å². The number of benzene rings is 1. The van der Waals surface area contributed by atoms with Crippen LogP contribution in [0.25, 0.3) is 10.4 Å². The van der Waals surface area contributed by atoms with E-state index < -0.39 is 0 Å². The van der Waals surface area contributed by atoms with Crippen LogP contribution in [0.15, 0.2) is 40.7 Å². The van der Waals surface area contributed by atoms with E-state index in [1.54, 1.807) is 0 Å². The minimum absolute atomic E-state index is 0.0853. The molecule has 0 radical (unpaired) electrons. The molecule has 0 aliphatic rings. The first kappa shape index (κ1) is 21.4. The Labute approximate surface area is 183 Å². The van der Waals surface area contributed by atoms with Crippen LogP contribution >= 0.6 is 23.1 Å². The maximum Gasteiger partial charge on any atom is 0.225 e. The van der Waals surface area contributed by atoms with Crippen LogP contribution in [0.5, 0.6) is 0 Å². The minimum Gasteiger partial charge on any atom is -0.383 e.